The van der Waals surface area contributed by atoms with Crippen LogP contribution in [-0.4, -0.2) is 68.4 Å². The lowest BCUT2D eigenvalue weighted by molar-refractivity contribution is -0.142. The molecule has 0 unspecified atom stereocenters. The second-order valence-electron chi connectivity index (χ2n) is 9.16. The first-order chi connectivity index (χ1) is 18.8. The highest BCUT2D eigenvalue weighted by atomic mass is 32.2. The van der Waals surface area contributed by atoms with Crippen molar-refractivity contribution in [3.05, 3.63) is 96.1 Å². The molecule has 3 aromatic rings. The Hall–Kier alpha value is -3.73. The van der Waals surface area contributed by atoms with Crippen LogP contribution in [0.15, 0.2) is 89.8 Å². The Morgan fingerprint density at radius 2 is 1.51 bits per heavy atom. The van der Waals surface area contributed by atoms with Gasteiger partial charge in [-0.15, -0.1) is 0 Å². The standard InChI is InChI=1S/C29H33N3O6S/c1-23(29(34)30-20-24-8-4-2-5-9-24)32(21-25-10-6-3-7-11-25)28(33)22-38-26-12-14-27(15-13-26)39(35,36)31-16-18-37-19-17-31/h2-15,23H,16-22H2,1H3,(H,30,34)/t23-/m0/s1. The topological polar surface area (TPSA) is 105 Å². The number of carbonyl (C=O) groups excluding carboxylic acids is 2. The molecule has 0 saturated carbocycles. The molecule has 2 amide bonds. The van der Waals surface area contributed by atoms with Crippen LogP contribution in [-0.2, 0) is 37.4 Å². The van der Waals surface area contributed by atoms with Crippen molar-refractivity contribution in [3.8, 4) is 5.75 Å². The SMILES string of the molecule is C[C@@H](C(=O)NCc1ccccc1)N(Cc1ccccc1)C(=O)COc1ccc(S(=O)(=O)N2CCOCC2)cc1. The number of amides is 2. The van der Waals surface area contributed by atoms with Crippen molar-refractivity contribution in [3.63, 3.8) is 0 Å². The van der Waals surface area contributed by atoms with Gasteiger partial charge in [0.2, 0.25) is 15.9 Å². The molecule has 206 valence electrons. The summed E-state index contributed by atoms with van der Waals surface area (Å²) in [7, 11) is -3.63. The third-order valence-electron chi connectivity index (χ3n) is 6.47. The summed E-state index contributed by atoms with van der Waals surface area (Å²) in [5.74, 6) is -0.294. The molecule has 1 fully saturated rings. The molecular weight excluding hydrogens is 518 g/mol. The Kier molecular flexibility index (Phi) is 9.69. The molecule has 1 aliphatic heterocycles. The maximum atomic E-state index is 13.3. The van der Waals surface area contributed by atoms with Crippen LogP contribution in [0.5, 0.6) is 5.75 Å². The number of nitrogens with zero attached hydrogens (tertiary/aromatic N) is 2. The molecule has 10 heteroatoms. The Morgan fingerprint density at radius 1 is 0.923 bits per heavy atom. The molecule has 0 radical (unpaired) electrons. The van der Waals surface area contributed by atoms with Crippen LogP contribution in [0.2, 0.25) is 0 Å². The average Bonchev–Trinajstić information content (AvgIpc) is 2.98. The summed E-state index contributed by atoms with van der Waals surface area (Å²) >= 11 is 0. The number of nitrogens with one attached hydrogen (secondary N) is 1. The third-order valence-corrected chi connectivity index (χ3v) is 8.38. The van der Waals surface area contributed by atoms with E-state index in [4.69, 9.17) is 9.47 Å². The van der Waals surface area contributed by atoms with Crippen molar-refractivity contribution in [2.75, 3.05) is 32.9 Å². The fourth-order valence-electron chi connectivity index (χ4n) is 4.17. The van der Waals surface area contributed by atoms with Gasteiger partial charge in [0.05, 0.1) is 18.1 Å². The molecule has 1 N–H and O–H groups in total. The Balaban J connectivity index is 1.40. The number of ether oxygens (including phenoxy) is 2. The highest BCUT2D eigenvalue weighted by molar-refractivity contribution is 7.89. The molecule has 0 aromatic heterocycles. The average molecular weight is 552 g/mol. The van der Waals surface area contributed by atoms with Gasteiger partial charge >= 0.3 is 0 Å². The van der Waals surface area contributed by atoms with Crippen molar-refractivity contribution >= 4 is 21.8 Å². The summed E-state index contributed by atoms with van der Waals surface area (Å²) in [6, 6.07) is 24.2. The maximum absolute atomic E-state index is 13.3. The van der Waals surface area contributed by atoms with E-state index in [0.717, 1.165) is 11.1 Å². The second-order valence-corrected chi connectivity index (χ2v) is 11.1. The van der Waals surface area contributed by atoms with Crippen LogP contribution < -0.4 is 10.1 Å². The van der Waals surface area contributed by atoms with Gasteiger partial charge in [0.1, 0.15) is 11.8 Å². The van der Waals surface area contributed by atoms with Crippen LogP contribution in [0, 0.1) is 0 Å². The van der Waals surface area contributed by atoms with Crippen LogP contribution >= 0.6 is 0 Å². The number of benzene rings is 3. The highest BCUT2D eigenvalue weighted by Gasteiger charge is 2.28. The largest absolute Gasteiger partial charge is 0.484 e. The minimum atomic E-state index is -3.63. The zero-order chi connectivity index (χ0) is 27.7. The molecule has 0 aliphatic carbocycles. The third kappa shape index (κ3) is 7.66. The number of morpholine rings is 1. The quantitative estimate of drug-likeness (QED) is 0.393. The van der Waals surface area contributed by atoms with Gasteiger partial charge in [0.15, 0.2) is 6.61 Å². The van der Waals surface area contributed by atoms with Crippen LogP contribution in [0.25, 0.3) is 0 Å². The molecule has 1 atom stereocenters. The Morgan fingerprint density at radius 3 is 2.13 bits per heavy atom. The summed E-state index contributed by atoms with van der Waals surface area (Å²) in [5.41, 5.74) is 1.84. The number of carbonyl (C=O) groups is 2. The van der Waals surface area contributed by atoms with Gasteiger partial charge in [-0.2, -0.15) is 4.31 Å². The molecule has 9 nitrogen and oxygen atoms in total. The summed E-state index contributed by atoms with van der Waals surface area (Å²) in [4.78, 5) is 27.9. The Bertz CT molecular complexity index is 1330. The molecule has 39 heavy (non-hydrogen) atoms. The second kappa shape index (κ2) is 13.4. The fourth-order valence-corrected chi connectivity index (χ4v) is 5.58. The van der Waals surface area contributed by atoms with Gasteiger partial charge in [0, 0.05) is 26.2 Å². The lowest BCUT2D eigenvalue weighted by atomic mass is 10.1. The zero-order valence-electron chi connectivity index (χ0n) is 21.9. The molecule has 1 heterocycles. The van der Waals surface area contributed by atoms with Gasteiger partial charge in [-0.3, -0.25) is 9.59 Å². The van der Waals surface area contributed by atoms with E-state index in [2.05, 4.69) is 5.32 Å². The van der Waals surface area contributed by atoms with Gasteiger partial charge in [0.25, 0.3) is 5.91 Å². The predicted molar refractivity (Wildman–Crippen MR) is 146 cm³/mol. The number of sulfonamides is 1. The van der Waals surface area contributed by atoms with Crippen molar-refractivity contribution < 1.29 is 27.5 Å². The molecular formula is C29H33N3O6S. The minimum Gasteiger partial charge on any atom is -0.484 e. The summed E-state index contributed by atoms with van der Waals surface area (Å²) < 4.78 is 38.0. The Labute approximate surface area is 229 Å². The van der Waals surface area contributed by atoms with Gasteiger partial charge in [-0.1, -0.05) is 60.7 Å². The smallest absolute Gasteiger partial charge is 0.261 e. The molecule has 1 saturated heterocycles. The lowest BCUT2D eigenvalue weighted by Gasteiger charge is -2.29. The van der Waals surface area contributed by atoms with E-state index >= 15 is 0 Å². The van der Waals surface area contributed by atoms with Crippen molar-refractivity contribution in [2.45, 2.75) is 31.0 Å². The molecule has 4 rings (SSSR count). The molecule has 0 bridgehead atoms. The van der Waals surface area contributed by atoms with Gasteiger partial charge in [-0.05, 0) is 42.3 Å². The first-order valence-electron chi connectivity index (χ1n) is 12.8. The van der Waals surface area contributed by atoms with E-state index in [1.54, 1.807) is 6.92 Å². The first kappa shape index (κ1) is 28.3. The van der Waals surface area contributed by atoms with E-state index in [1.807, 2.05) is 60.7 Å². The lowest BCUT2D eigenvalue weighted by Crippen LogP contribution is -2.48. The van der Waals surface area contributed by atoms with Gasteiger partial charge in [-0.25, -0.2) is 8.42 Å². The summed E-state index contributed by atoms with van der Waals surface area (Å²) in [6.07, 6.45) is 0. The number of hydrogen-bond donors (Lipinski definition) is 1. The van der Waals surface area contributed by atoms with Crippen LogP contribution in [0.1, 0.15) is 18.1 Å². The summed E-state index contributed by atoms with van der Waals surface area (Å²) in [5, 5.41) is 2.90. The van der Waals surface area contributed by atoms with E-state index in [9.17, 15) is 18.0 Å². The van der Waals surface area contributed by atoms with E-state index in [-0.39, 0.29) is 29.9 Å². The van der Waals surface area contributed by atoms with E-state index < -0.39 is 16.1 Å². The number of hydrogen-bond acceptors (Lipinski definition) is 6. The molecule has 0 spiro atoms. The fraction of sp³-hybridized carbons (Fsp3) is 0.310. The first-order valence-corrected chi connectivity index (χ1v) is 14.2. The normalized spacial score (nSPS) is 14.8. The molecule has 3 aromatic carbocycles. The minimum absolute atomic E-state index is 0.150. The van der Waals surface area contributed by atoms with Crippen molar-refractivity contribution in [2.24, 2.45) is 0 Å². The zero-order valence-corrected chi connectivity index (χ0v) is 22.7. The monoisotopic (exact) mass is 551 g/mol. The van der Waals surface area contributed by atoms with E-state index in [0.29, 0.717) is 38.6 Å². The van der Waals surface area contributed by atoms with Crippen molar-refractivity contribution in [1.82, 2.24) is 14.5 Å². The van der Waals surface area contributed by atoms with Gasteiger partial charge < -0.3 is 19.7 Å². The van der Waals surface area contributed by atoms with E-state index in [1.165, 1.54) is 33.5 Å². The number of rotatable bonds is 11. The predicted octanol–water partition coefficient (Wildman–Crippen LogP) is 2.82. The van der Waals surface area contributed by atoms with Crippen molar-refractivity contribution in [1.29, 1.82) is 0 Å². The van der Waals surface area contributed by atoms with Crippen LogP contribution in [0.3, 0.4) is 0 Å². The summed E-state index contributed by atoms with van der Waals surface area (Å²) in [6.45, 7) is 3.32. The maximum Gasteiger partial charge on any atom is 0.261 e. The van der Waals surface area contributed by atoms with Crippen LogP contribution in [0.4, 0.5) is 0 Å². The molecule has 1 aliphatic rings. The highest BCUT2D eigenvalue weighted by Crippen LogP contribution is 2.21.